The van der Waals surface area contributed by atoms with Crippen LogP contribution in [0, 0.1) is 6.92 Å². The Morgan fingerprint density at radius 1 is 0.963 bits per heavy atom. The molecule has 140 valence electrons. The Morgan fingerprint density at radius 3 is 2.33 bits per heavy atom. The fourth-order valence-electron chi connectivity index (χ4n) is 3.56. The van der Waals surface area contributed by atoms with Gasteiger partial charge in [-0.1, -0.05) is 18.2 Å². The van der Waals surface area contributed by atoms with Crippen LogP contribution in [0.5, 0.6) is 0 Å². The number of nitrogens with zero attached hydrogens (tertiary/aromatic N) is 4. The van der Waals surface area contributed by atoms with Crippen LogP contribution in [0.1, 0.15) is 5.69 Å². The summed E-state index contributed by atoms with van der Waals surface area (Å²) in [6.07, 6.45) is 1.91. The van der Waals surface area contributed by atoms with Crippen LogP contribution in [0.3, 0.4) is 0 Å². The predicted octanol–water partition coefficient (Wildman–Crippen LogP) is 1.23. The number of nitrogens with one attached hydrogen (secondary N) is 1. The number of aryl methyl sites for hydroxylation is 1. The fourth-order valence-corrected chi connectivity index (χ4v) is 3.56. The standard InChI is InChI=1S/C20H23N5O2/c1-15-7-9-25(22-15)10-8-21-17-18(20(27)19(17)26)24-13-11-23(12-14-24)16-5-3-2-4-6-16/h2-7,9,21H,8,10-14H2,1H3. The van der Waals surface area contributed by atoms with Crippen molar-refractivity contribution in [2.45, 2.75) is 13.5 Å². The molecule has 4 rings (SSSR count). The van der Waals surface area contributed by atoms with Crippen LogP contribution < -0.4 is 26.0 Å². The summed E-state index contributed by atoms with van der Waals surface area (Å²) in [6.45, 7) is 6.26. The first-order chi connectivity index (χ1) is 13.1. The summed E-state index contributed by atoms with van der Waals surface area (Å²) in [5.41, 5.74) is 2.37. The van der Waals surface area contributed by atoms with Gasteiger partial charge in [0.05, 0.1) is 12.2 Å². The van der Waals surface area contributed by atoms with Gasteiger partial charge in [-0.2, -0.15) is 5.10 Å². The van der Waals surface area contributed by atoms with Crippen LogP contribution in [0.15, 0.2) is 52.2 Å². The van der Waals surface area contributed by atoms with E-state index in [1.54, 1.807) is 0 Å². The van der Waals surface area contributed by atoms with E-state index in [0.29, 0.717) is 24.5 Å². The molecule has 0 saturated carbocycles. The summed E-state index contributed by atoms with van der Waals surface area (Å²) in [6, 6.07) is 12.2. The van der Waals surface area contributed by atoms with Crippen LogP contribution in [0.2, 0.25) is 0 Å². The average Bonchev–Trinajstić information content (AvgIpc) is 3.13. The van der Waals surface area contributed by atoms with Crippen LogP contribution >= 0.6 is 0 Å². The Bertz CT molecular complexity index is 980. The molecular weight excluding hydrogens is 342 g/mol. The monoisotopic (exact) mass is 365 g/mol. The highest BCUT2D eigenvalue weighted by Gasteiger charge is 2.28. The maximum Gasteiger partial charge on any atom is 0.253 e. The average molecular weight is 365 g/mol. The summed E-state index contributed by atoms with van der Waals surface area (Å²) in [5.74, 6) is 0. The van der Waals surface area contributed by atoms with Crippen molar-refractivity contribution in [3.8, 4) is 0 Å². The molecule has 1 fully saturated rings. The summed E-state index contributed by atoms with van der Waals surface area (Å²) in [7, 11) is 0. The van der Waals surface area contributed by atoms with Gasteiger partial charge in [0.25, 0.3) is 10.9 Å². The zero-order chi connectivity index (χ0) is 18.8. The zero-order valence-corrected chi connectivity index (χ0v) is 15.4. The fraction of sp³-hybridized carbons (Fsp3) is 0.350. The number of hydrogen-bond donors (Lipinski definition) is 1. The molecule has 2 aromatic carbocycles. The molecule has 1 N–H and O–H groups in total. The van der Waals surface area contributed by atoms with Crippen molar-refractivity contribution in [3.63, 3.8) is 0 Å². The van der Waals surface area contributed by atoms with Gasteiger partial charge >= 0.3 is 0 Å². The second-order valence-electron chi connectivity index (χ2n) is 6.84. The zero-order valence-electron chi connectivity index (χ0n) is 15.4. The minimum atomic E-state index is -0.410. The Labute approximate surface area is 157 Å². The van der Waals surface area contributed by atoms with E-state index >= 15 is 0 Å². The van der Waals surface area contributed by atoms with Gasteiger partial charge in [-0.25, -0.2) is 0 Å². The molecule has 0 aliphatic carbocycles. The van der Waals surface area contributed by atoms with Gasteiger partial charge in [0.2, 0.25) is 0 Å². The Morgan fingerprint density at radius 2 is 1.67 bits per heavy atom. The van der Waals surface area contributed by atoms with Gasteiger partial charge < -0.3 is 15.1 Å². The van der Waals surface area contributed by atoms with E-state index in [1.165, 1.54) is 5.69 Å². The first kappa shape index (κ1) is 17.3. The molecule has 0 amide bonds. The van der Waals surface area contributed by atoms with Gasteiger partial charge in [0, 0.05) is 44.6 Å². The van der Waals surface area contributed by atoms with Crippen LogP contribution in [-0.2, 0) is 6.54 Å². The first-order valence-electron chi connectivity index (χ1n) is 9.25. The molecule has 27 heavy (non-hydrogen) atoms. The quantitative estimate of drug-likeness (QED) is 0.663. The van der Waals surface area contributed by atoms with Gasteiger partial charge in [-0.15, -0.1) is 0 Å². The molecular formula is C20H23N5O2. The largest absolute Gasteiger partial charge is 0.378 e. The molecule has 0 bridgehead atoms. The lowest BCUT2D eigenvalue weighted by molar-refractivity contribution is 0.630. The molecule has 0 unspecified atom stereocenters. The van der Waals surface area contributed by atoms with Crippen molar-refractivity contribution < 1.29 is 0 Å². The second-order valence-corrected chi connectivity index (χ2v) is 6.84. The van der Waals surface area contributed by atoms with E-state index in [9.17, 15) is 9.59 Å². The number of aromatic nitrogens is 2. The summed E-state index contributed by atoms with van der Waals surface area (Å²) >= 11 is 0. The van der Waals surface area contributed by atoms with Gasteiger partial charge in [0.15, 0.2) is 0 Å². The van der Waals surface area contributed by atoms with Crippen LogP contribution in [0.4, 0.5) is 17.1 Å². The lowest BCUT2D eigenvalue weighted by atomic mass is 10.1. The third kappa shape index (κ3) is 3.45. The van der Waals surface area contributed by atoms with E-state index in [4.69, 9.17) is 0 Å². The van der Waals surface area contributed by atoms with E-state index in [2.05, 4.69) is 27.4 Å². The number of para-hydroxylation sites is 1. The molecule has 1 aromatic heterocycles. The topological polar surface area (TPSA) is 70.5 Å². The number of piperazine rings is 1. The maximum atomic E-state index is 12.1. The number of rotatable bonds is 6. The normalized spacial score (nSPS) is 14.7. The Hall–Kier alpha value is -3.09. The van der Waals surface area contributed by atoms with E-state index < -0.39 is 5.43 Å². The molecule has 2 heterocycles. The minimum absolute atomic E-state index is 0.374. The van der Waals surface area contributed by atoms with Gasteiger partial charge in [0.1, 0.15) is 11.4 Å². The molecule has 3 aromatic rings. The lowest BCUT2D eigenvalue weighted by Crippen LogP contribution is -2.51. The summed E-state index contributed by atoms with van der Waals surface area (Å²) < 4.78 is 1.83. The van der Waals surface area contributed by atoms with E-state index in [1.807, 2.05) is 47.0 Å². The minimum Gasteiger partial charge on any atom is -0.378 e. The molecule has 7 nitrogen and oxygen atoms in total. The lowest BCUT2D eigenvalue weighted by Gasteiger charge is -2.38. The molecule has 0 atom stereocenters. The molecule has 1 saturated heterocycles. The van der Waals surface area contributed by atoms with Crippen molar-refractivity contribution in [1.82, 2.24) is 9.78 Å². The maximum absolute atomic E-state index is 12.1. The van der Waals surface area contributed by atoms with Gasteiger partial charge in [-0.3, -0.25) is 14.3 Å². The molecule has 0 radical (unpaired) electrons. The molecule has 0 spiro atoms. The van der Waals surface area contributed by atoms with Crippen LogP contribution in [-0.4, -0.2) is 42.5 Å². The molecule has 1 aliphatic heterocycles. The van der Waals surface area contributed by atoms with Gasteiger partial charge in [-0.05, 0) is 25.1 Å². The summed E-state index contributed by atoms with van der Waals surface area (Å²) in [5, 5.41) is 7.46. The van der Waals surface area contributed by atoms with Crippen molar-refractivity contribution in [1.29, 1.82) is 0 Å². The van der Waals surface area contributed by atoms with Crippen molar-refractivity contribution in [3.05, 3.63) is 68.7 Å². The number of anilines is 3. The third-order valence-electron chi connectivity index (χ3n) is 5.02. The van der Waals surface area contributed by atoms with Crippen molar-refractivity contribution in [2.24, 2.45) is 0 Å². The van der Waals surface area contributed by atoms with Crippen molar-refractivity contribution in [2.75, 3.05) is 47.8 Å². The Balaban J connectivity index is 1.38. The van der Waals surface area contributed by atoms with E-state index in [0.717, 1.165) is 31.9 Å². The highest BCUT2D eigenvalue weighted by atomic mass is 16.2. The molecule has 7 heteroatoms. The highest BCUT2D eigenvalue weighted by Crippen LogP contribution is 2.23. The molecule has 1 aliphatic rings. The second kappa shape index (κ2) is 7.26. The van der Waals surface area contributed by atoms with Crippen molar-refractivity contribution >= 4 is 17.1 Å². The number of hydrogen-bond acceptors (Lipinski definition) is 6. The predicted molar refractivity (Wildman–Crippen MR) is 108 cm³/mol. The summed E-state index contributed by atoms with van der Waals surface area (Å²) in [4.78, 5) is 28.5. The van der Waals surface area contributed by atoms with E-state index in [-0.39, 0.29) is 5.43 Å². The SMILES string of the molecule is Cc1ccn(CCNc2c(N3CCN(c4ccccc4)CC3)c(=O)c2=O)n1. The van der Waals surface area contributed by atoms with Crippen LogP contribution in [0.25, 0.3) is 0 Å². The number of benzene rings is 1. The Kier molecular flexibility index (Phi) is 4.66. The third-order valence-corrected chi connectivity index (χ3v) is 5.02. The smallest absolute Gasteiger partial charge is 0.253 e. The highest BCUT2D eigenvalue weighted by molar-refractivity contribution is 5.75. The first-order valence-corrected chi connectivity index (χ1v) is 9.25.